The fraction of sp³-hybridized carbons (Fsp3) is 0.500. The number of nitro groups is 1. The van der Waals surface area contributed by atoms with Crippen LogP contribution in [0.2, 0.25) is 0 Å². The quantitative estimate of drug-likeness (QED) is 0.610. The van der Waals surface area contributed by atoms with E-state index < -0.39 is 4.92 Å². The predicted molar refractivity (Wildman–Crippen MR) is 82.5 cm³/mol. The molecule has 1 unspecified atom stereocenters. The van der Waals surface area contributed by atoms with Crippen LogP contribution in [-0.2, 0) is 24.4 Å². The third kappa shape index (κ3) is 4.15. The molecule has 2 aromatic rings. The number of aryl methyl sites for hydroxylation is 2. The summed E-state index contributed by atoms with van der Waals surface area (Å²) in [4.78, 5) is 22.3. The lowest BCUT2D eigenvalue weighted by Gasteiger charge is -2.10. The molecule has 0 radical (unpaired) electrons. The van der Waals surface area contributed by atoms with Crippen LogP contribution >= 0.6 is 0 Å². The van der Waals surface area contributed by atoms with Gasteiger partial charge in [-0.25, -0.2) is 0 Å². The minimum atomic E-state index is -0.542. The lowest BCUT2D eigenvalue weighted by atomic mass is 10.1. The van der Waals surface area contributed by atoms with E-state index in [2.05, 4.69) is 15.5 Å². The topological polar surface area (TPSA) is 108 Å². The molecule has 0 aliphatic heterocycles. The zero-order valence-corrected chi connectivity index (χ0v) is 13.4. The fourth-order valence-electron chi connectivity index (χ4n) is 2.14. The first kappa shape index (κ1) is 16.7. The Bertz CT molecular complexity index is 705. The van der Waals surface area contributed by atoms with E-state index in [0.29, 0.717) is 18.8 Å². The molecule has 9 nitrogen and oxygen atoms in total. The van der Waals surface area contributed by atoms with Gasteiger partial charge in [-0.15, -0.1) is 0 Å². The van der Waals surface area contributed by atoms with Gasteiger partial charge < -0.3 is 15.4 Å². The molecule has 0 bridgehead atoms. The van der Waals surface area contributed by atoms with Crippen molar-refractivity contribution in [3.05, 3.63) is 39.8 Å². The molecule has 0 aliphatic rings. The first-order valence-corrected chi connectivity index (χ1v) is 7.38. The Labute approximate surface area is 133 Å². The van der Waals surface area contributed by atoms with Crippen LogP contribution in [0.15, 0.2) is 18.5 Å². The normalized spacial score (nSPS) is 12.1. The second-order valence-electron chi connectivity index (χ2n) is 5.41. The van der Waals surface area contributed by atoms with Crippen molar-refractivity contribution in [3.63, 3.8) is 0 Å². The maximum Gasteiger partial charge on any atom is 0.390 e. The monoisotopic (exact) mass is 320 g/mol. The van der Waals surface area contributed by atoms with Gasteiger partial charge in [-0.3, -0.25) is 9.48 Å². The highest BCUT2D eigenvalue weighted by atomic mass is 16.6. The number of nitrogens with zero attached hydrogens (tertiary/aromatic N) is 5. The molecule has 23 heavy (non-hydrogen) atoms. The molecule has 0 fully saturated rings. The molecule has 2 rings (SSSR count). The number of rotatable bonds is 7. The van der Waals surface area contributed by atoms with Crippen LogP contribution in [0.1, 0.15) is 25.1 Å². The molecule has 0 spiro atoms. The molecule has 1 atom stereocenters. The lowest BCUT2D eigenvalue weighted by Crippen LogP contribution is -2.31. The summed E-state index contributed by atoms with van der Waals surface area (Å²) in [6.07, 6.45) is 3.60. The van der Waals surface area contributed by atoms with E-state index in [0.717, 1.165) is 12.1 Å². The summed E-state index contributed by atoms with van der Waals surface area (Å²) >= 11 is 0. The van der Waals surface area contributed by atoms with Crippen molar-refractivity contribution in [2.45, 2.75) is 40.4 Å². The number of carbonyl (C=O) groups is 1. The largest absolute Gasteiger partial charge is 0.390 e. The molecule has 1 N–H and O–H groups in total. The van der Waals surface area contributed by atoms with E-state index in [4.69, 9.17) is 0 Å². The molecule has 2 heterocycles. The predicted octanol–water partition coefficient (Wildman–Crippen LogP) is 1.27. The molecule has 9 heteroatoms. The summed E-state index contributed by atoms with van der Waals surface area (Å²) in [5.41, 5.74) is 1.58. The van der Waals surface area contributed by atoms with Gasteiger partial charge >= 0.3 is 5.82 Å². The Kier molecular flexibility index (Phi) is 5.09. The van der Waals surface area contributed by atoms with Crippen molar-refractivity contribution in [2.24, 2.45) is 5.92 Å². The molecule has 2 aromatic heterocycles. The highest BCUT2D eigenvalue weighted by Crippen LogP contribution is 2.13. The van der Waals surface area contributed by atoms with Gasteiger partial charge in [0.2, 0.25) is 5.91 Å². The molecule has 0 saturated heterocycles. The Morgan fingerprint density at radius 1 is 1.52 bits per heavy atom. The Hall–Kier alpha value is -2.71. The first-order valence-electron chi connectivity index (χ1n) is 7.38. The maximum absolute atomic E-state index is 12.1. The molecular weight excluding hydrogens is 300 g/mol. The van der Waals surface area contributed by atoms with Gasteiger partial charge in [0.15, 0.2) is 0 Å². The van der Waals surface area contributed by atoms with E-state index in [-0.39, 0.29) is 17.6 Å². The van der Waals surface area contributed by atoms with E-state index in [1.54, 1.807) is 24.7 Å². The number of nitrogens with one attached hydrogen (secondary N) is 1. The van der Waals surface area contributed by atoms with Crippen LogP contribution in [-0.4, -0.2) is 30.4 Å². The van der Waals surface area contributed by atoms with E-state index in [9.17, 15) is 14.9 Å². The Balaban J connectivity index is 1.90. The smallest absolute Gasteiger partial charge is 0.358 e. The SMILES string of the molecule is CCn1cc(CNC(=O)C(C)Cn2nc([N+](=O)[O-])cc2C)cn1. The van der Waals surface area contributed by atoms with Gasteiger partial charge in [-0.1, -0.05) is 6.92 Å². The number of aromatic nitrogens is 4. The maximum atomic E-state index is 12.1. The summed E-state index contributed by atoms with van der Waals surface area (Å²) in [5.74, 6) is -0.691. The lowest BCUT2D eigenvalue weighted by molar-refractivity contribution is -0.389. The summed E-state index contributed by atoms with van der Waals surface area (Å²) in [6.45, 7) is 6.95. The van der Waals surface area contributed by atoms with Gasteiger partial charge in [-0.2, -0.15) is 9.78 Å². The van der Waals surface area contributed by atoms with E-state index in [1.165, 1.54) is 10.7 Å². The van der Waals surface area contributed by atoms with Crippen molar-refractivity contribution in [2.75, 3.05) is 0 Å². The van der Waals surface area contributed by atoms with Gasteiger partial charge in [-0.05, 0) is 18.8 Å². The van der Waals surface area contributed by atoms with Crippen LogP contribution in [0.25, 0.3) is 0 Å². The summed E-state index contributed by atoms with van der Waals surface area (Å²) in [7, 11) is 0. The molecular formula is C14H20N6O3. The zero-order chi connectivity index (χ0) is 17.0. The van der Waals surface area contributed by atoms with Gasteiger partial charge in [0.25, 0.3) is 0 Å². The van der Waals surface area contributed by atoms with E-state index >= 15 is 0 Å². The van der Waals surface area contributed by atoms with Gasteiger partial charge in [0.05, 0.1) is 35.5 Å². The zero-order valence-electron chi connectivity index (χ0n) is 13.4. The average Bonchev–Trinajstić information content (AvgIpc) is 3.12. The van der Waals surface area contributed by atoms with Crippen LogP contribution in [0.5, 0.6) is 0 Å². The average molecular weight is 320 g/mol. The standard InChI is InChI=1S/C14H20N6O3/c1-4-18-9-12(7-16-18)6-15-14(21)10(2)8-19-11(3)5-13(17-19)20(22)23/h5,7,9-10H,4,6,8H2,1-3H3,(H,15,21). The van der Waals surface area contributed by atoms with Crippen molar-refractivity contribution in [1.29, 1.82) is 0 Å². The molecule has 124 valence electrons. The van der Waals surface area contributed by atoms with Crippen LogP contribution in [0, 0.1) is 23.0 Å². The summed E-state index contributed by atoms with van der Waals surface area (Å²) in [5, 5.41) is 21.6. The highest BCUT2D eigenvalue weighted by Gasteiger charge is 2.20. The minimum Gasteiger partial charge on any atom is -0.358 e. The van der Waals surface area contributed by atoms with Gasteiger partial charge in [0.1, 0.15) is 0 Å². The fourth-order valence-corrected chi connectivity index (χ4v) is 2.14. The molecule has 1 amide bonds. The number of carbonyl (C=O) groups excluding carboxylic acids is 1. The number of hydrogen-bond acceptors (Lipinski definition) is 5. The van der Waals surface area contributed by atoms with Crippen LogP contribution in [0.3, 0.4) is 0 Å². The third-order valence-corrected chi connectivity index (χ3v) is 3.53. The Morgan fingerprint density at radius 3 is 2.83 bits per heavy atom. The van der Waals surface area contributed by atoms with Crippen molar-refractivity contribution < 1.29 is 9.72 Å². The highest BCUT2D eigenvalue weighted by molar-refractivity contribution is 5.78. The van der Waals surface area contributed by atoms with Crippen LogP contribution < -0.4 is 5.32 Å². The minimum absolute atomic E-state index is 0.133. The molecule has 0 aromatic carbocycles. The summed E-state index contributed by atoms with van der Waals surface area (Å²) < 4.78 is 3.27. The van der Waals surface area contributed by atoms with Crippen molar-refractivity contribution in [3.8, 4) is 0 Å². The van der Waals surface area contributed by atoms with Crippen molar-refractivity contribution in [1.82, 2.24) is 24.9 Å². The van der Waals surface area contributed by atoms with Crippen LogP contribution in [0.4, 0.5) is 5.82 Å². The van der Waals surface area contributed by atoms with Crippen molar-refractivity contribution >= 4 is 11.7 Å². The van der Waals surface area contributed by atoms with E-state index in [1.807, 2.05) is 13.1 Å². The second-order valence-corrected chi connectivity index (χ2v) is 5.41. The Morgan fingerprint density at radius 2 is 2.26 bits per heavy atom. The third-order valence-electron chi connectivity index (χ3n) is 3.53. The molecule has 0 aliphatic carbocycles. The summed E-state index contributed by atoms with van der Waals surface area (Å²) in [6, 6.07) is 1.39. The second kappa shape index (κ2) is 7.03. The van der Waals surface area contributed by atoms with Gasteiger partial charge in [0, 0.05) is 24.8 Å². The number of hydrogen-bond donors (Lipinski definition) is 1. The molecule has 0 saturated carbocycles. The number of amides is 1. The first-order chi connectivity index (χ1) is 10.9.